The van der Waals surface area contributed by atoms with Crippen LogP contribution in [0, 0.1) is 0 Å². The van der Waals surface area contributed by atoms with E-state index in [-0.39, 0.29) is 0 Å². The van der Waals surface area contributed by atoms with Crippen molar-refractivity contribution in [2.24, 2.45) is 0 Å². The maximum atomic E-state index is 5.92. The second-order valence-corrected chi connectivity index (χ2v) is 7.38. The normalized spacial score (nSPS) is 11.4. The van der Waals surface area contributed by atoms with Crippen molar-refractivity contribution in [1.29, 1.82) is 0 Å². The SMILES string of the molecule is Nc1cncc(-c2ccc3[nH]nc(-c4cc5c(-c6ccncc6)nccc5[nH]4)c3c2)c1. The zero-order valence-corrected chi connectivity index (χ0v) is 16.4. The molecule has 5 aromatic heterocycles. The van der Waals surface area contributed by atoms with E-state index >= 15 is 0 Å². The van der Waals surface area contributed by atoms with Gasteiger partial charge >= 0.3 is 0 Å². The first-order chi connectivity index (χ1) is 15.3. The van der Waals surface area contributed by atoms with Crippen molar-refractivity contribution >= 4 is 27.5 Å². The van der Waals surface area contributed by atoms with Crippen molar-refractivity contribution in [3.63, 3.8) is 0 Å². The molecule has 1 aromatic carbocycles. The van der Waals surface area contributed by atoms with E-state index in [1.165, 1.54) is 0 Å². The first kappa shape index (κ1) is 17.3. The summed E-state index contributed by atoms with van der Waals surface area (Å²) in [6.45, 7) is 0. The van der Waals surface area contributed by atoms with Gasteiger partial charge in [-0.1, -0.05) is 6.07 Å². The standard InChI is InChI=1S/C24H17N7/c25-17-9-16(12-27-13-17)15-1-2-21-18(10-15)24(31-30-21)22-11-19-20(29-22)5-8-28-23(19)14-3-6-26-7-4-14/h1-13,29H,25H2,(H,30,31). The van der Waals surface area contributed by atoms with Gasteiger partial charge in [0.2, 0.25) is 0 Å². The molecule has 0 saturated carbocycles. The number of nitrogens with two attached hydrogens (primary N) is 1. The maximum absolute atomic E-state index is 5.92. The van der Waals surface area contributed by atoms with Crippen LogP contribution in [0.1, 0.15) is 0 Å². The second-order valence-electron chi connectivity index (χ2n) is 7.38. The van der Waals surface area contributed by atoms with Gasteiger partial charge in [-0.2, -0.15) is 5.10 Å². The van der Waals surface area contributed by atoms with E-state index in [4.69, 9.17) is 5.73 Å². The van der Waals surface area contributed by atoms with E-state index in [1.807, 2.05) is 48.8 Å². The van der Waals surface area contributed by atoms with Gasteiger partial charge in [0.05, 0.1) is 22.6 Å². The number of rotatable bonds is 3. The third kappa shape index (κ3) is 2.91. The Morgan fingerprint density at radius 2 is 1.55 bits per heavy atom. The Kier molecular flexibility index (Phi) is 3.79. The van der Waals surface area contributed by atoms with E-state index < -0.39 is 0 Å². The lowest BCUT2D eigenvalue weighted by Crippen LogP contribution is -1.87. The van der Waals surface area contributed by atoms with Crippen LogP contribution in [-0.4, -0.2) is 30.1 Å². The fourth-order valence-electron chi connectivity index (χ4n) is 3.94. The van der Waals surface area contributed by atoms with Gasteiger partial charge in [0.1, 0.15) is 5.69 Å². The van der Waals surface area contributed by atoms with Crippen LogP contribution in [0.15, 0.2) is 79.5 Å². The Hall–Kier alpha value is -4.52. The van der Waals surface area contributed by atoms with Gasteiger partial charge in [-0.05, 0) is 48.0 Å². The number of benzene rings is 1. The molecule has 0 aliphatic carbocycles. The van der Waals surface area contributed by atoms with Crippen molar-refractivity contribution in [3.8, 4) is 33.8 Å². The Bertz CT molecular complexity index is 1550. The van der Waals surface area contributed by atoms with E-state index in [0.717, 1.165) is 55.6 Å². The third-order valence-corrected chi connectivity index (χ3v) is 5.41. The van der Waals surface area contributed by atoms with Gasteiger partial charge in [-0.15, -0.1) is 0 Å². The molecule has 7 heteroatoms. The minimum Gasteiger partial charge on any atom is -0.397 e. The summed E-state index contributed by atoms with van der Waals surface area (Å²) in [5, 5.41) is 9.78. The van der Waals surface area contributed by atoms with Crippen LogP contribution >= 0.6 is 0 Å². The lowest BCUT2D eigenvalue weighted by Gasteiger charge is -2.03. The quantitative estimate of drug-likeness (QED) is 0.393. The first-order valence-electron chi connectivity index (χ1n) is 9.84. The third-order valence-electron chi connectivity index (χ3n) is 5.41. The van der Waals surface area contributed by atoms with Gasteiger partial charge in [0.15, 0.2) is 0 Å². The molecule has 0 aliphatic heterocycles. The fourth-order valence-corrected chi connectivity index (χ4v) is 3.94. The molecule has 0 fully saturated rings. The summed E-state index contributed by atoms with van der Waals surface area (Å²) in [7, 11) is 0. The van der Waals surface area contributed by atoms with Crippen LogP contribution in [0.25, 0.3) is 55.6 Å². The summed E-state index contributed by atoms with van der Waals surface area (Å²) < 4.78 is 0. The van der Waals surface area contributed by atoms with Crippen LogP contribution in [0.2, 0.25) is 0 Å². The lowest BCUT2D eigenvalue weighted by molar-refractivity contribution is 1.12. The highest BCUT2D eigenvalue weighted by atomic mass is 15.1. The number of nitrogen functional groups attached to an aromatic ring is 1. The highest BCUT2D eigenvalue weighted by molar-refractivity contribution is 6.00. The molecule has 0 aliphatic rings. The van der Waals surface area contributed by atoms with Crippen LogP contribution in [0.3, 0.4) is 0 Å². The molecule has 5 heterocycles. The molecule has 0 amide bonds. The predicted octanol–water partition coefficient (Wildman–Crippen LogP) is 4.81. The van der Waals surface area contributed by atoms with E-state index in [2.05, 4.69) is 42.3 Å². The van der Waals surface area contributed by atoms with E-state index in [1.54, 1.807) is 18.6 Å². The zero-order valence-electron chi connectivity index (χ0n) is 16.4. The highest BCUT2D eigenvalue weighted by Gasteiger charge is 2.15. The molecular formula is C24H17N7. The maximum Gasteiger partial charge on any atom is 0.116 e. The topological polar surface area (TPSA) is 109 Å². The zero-order chi connectivity index (χ0) is 20.8. The molecule has 4 N–H and O–H groups in total. The molecule has 7 nitrogen and oxygen atoms in total. The van der Waals surface area contributed by atoms with Crippen LogP contribution in [0.5, 0.6) is 0 Å². The van der Waals surface area contributed by atoms with Gasteiger partial charge in [-0.3, -0.25) is 20.1 Å². The van der Waals surface area contributed by atoms with Crippen molar-refractivity contribution in [3.05, 3.63) is 79.5 Å². The number of nitrogens with one attached hydrogen (secondary N) is 2. The average molecular weight is 403 g/mol. The Balaban J connectivity index is 1.51. The van der Waals surface area contributed by atoms with E-state index in [0.29, 0.717) is 5.69 Å². The van der Waals surface area contributed by atoms with Crippen LogP contribution in [-0.2, 0) is 0 Å². The van der Waals surface area contributed by atoms with Crippen molar-refractivity contribution in [2.75, 3.05) is 5.73 Å². The molecule has 6 aromatic rings. The lowest BCUT2D eigenvalue weighted by atomic mass is 10.0. The van der Waals surface area contributed by atoms with Crippen LogP contribution < -0.4 is 5.73 Å². The van der Waals surface area contributed by atoms with Crippen molar-refractivity contribution < 1.29 is 0 Å². The molecule has 148 valence electrons. The van der Waals surface area contributed by atoms with E-state index in [9.17, 15) is 0 Å². The van der Waals surface area contributed by atoms with Crippen molar-refractivity contribution in [2.45, 2.75) is 0 Å². The smallest absolute Gasteiger partial charge is 0.116 e. The summed E-state index contributed by atoms with van der Waals surface area (Å²) in [4.78, 5) is 16.4. The number of aromatic amines is 2. The number of hydrogen-bond acceptors (Lipinski definition) is 5. The molecule has 0 unspecified atom stereocenters. The number of aromatic nitrogens is 6. The fraction of sp³-hybridized carbons (Fsp3) is 0. The first-order valence-corrected chi connectivity index (χ1v) is 9.84. The summed E-state index contributed by atoms with van der Waals surface area (Å²) in [6.07, 6.45) is 8.82. The molecule has 0 atom stereocenters. The molecule has 6 rings (SSSR count). The number of pyridine rings is 3. The number of H-pyrrole nitrogens is 2. The second kappa shape index (κ2) is 6.77. The summed E-state index contributed by atoms with van der Waals surface area (Å²) >= 11 is 0. The number of fused-ring (bicyclic) bond motifs is 2. The Morgan fingerprint density at radius 1 is 0.677 bits per heavy atom. The average Bonchev–Trinajstić information content (AvgIpc) is 3.43. The minimum atomic E-state index is 0.636. The summed E-state index contributed by atoms with van der Waals surface area (Å²) in [5.41, 5.74) is 14.2. The summed E-state index contributed by atoms with van der Waals surface area (Å²) in [6, 6.07) is 16.1. The molecule has 0 radical (unpaired) electrons. The molecular weight excluding hydrogens is 386 g/mol. The number of nitrogens with zero attached hydrogens (tertiary/aromatic N) is 4. The summed E-state index contributed by atoms with van der Waals surface area (Å²) in [5.74, 6) is 0. The Labute approximate surface area is 177 Å². The monoisotopic (exact) mass is 403 g/mol. The molecule has 0 spiro atoms. The molecule has 31 heavy (non-hydrogen) atoms. The number of anilines is 1. The van der Waals surface area contributed by atoms with Gasteiger partial charge < -0.3 is 10.7 Å². The van der Waals surface area contributed by atoms with Gasteiger partial charge in [0.25, 0.3) is 0 Å². The minimum absolute atomic E-state index is 0.636. The molecule has 0 saturated heterocycles. The van der Waals surface area contributed by atoms with Gasteiger partial charge in [-0.25, -0.2) is 0 Å². The largest absolute Gasteiger partial charge is 0.397 e. The van der Waals surface area contributed by atoms with Crippen LogP contribution in [0.4, 0.5) is 5.69 Å². The highest BCUT2D eigenvalue weighted by Crippen LogP contribution is 2.34. The molecule has 0 bridgehead atoms. The number of hydrogen-bond donors (Lipinski definition) is 3. The predicted molar refractivity (Wildman–Crippen MR) is 122 cm³/mol. The van der Waals surface area contributed by atoms with Gasteiger partial charge in [0, 0.05) is 58.4 Å². The Morgan fingerprint density at radius 3 is 2.42 bits per heavy atom. The van der Waals surface area contributed by atoms with Crippen molar-refractivity contribution in [1.82, 2.24) is 30.1 Å².